The molecule has 0 aromatic carbocycles. The zero-order valence-electron chi connectivity index (χ0n) is 10.5. The number of imidazole rings is 1. The van der Waals surface area contributed by atoms with E-state index in [1.165, 1.54) is 29.7 Å². The van der Waals surface area contributed by atoms with Crippen molar-refractivity contribution in [3.63, 3.8) is 0 Å². The maximum atomic E-state index is 6.14. The molecule has 2 aromatic rings. The Balaban J connectivity index is 1.96. The van der Waals surface area contributed by atoms with Crippen LogP contribution in [0.3, 0.4) is 0 Å². The fourth-order valence-electron chi connectivity index (χ4n) is 2.54. The topological polar surface area (TPSA) is 43.3 Å². The minimum absolute atomic E-state index is 0.119. The molecule has 0 saturated heterocycles. The second-order valence-corrected chi connectivity index (χ2v) is 5.36. The highest BCUT2D eigenvalue weighted by Gasteiger charge is 2.37. The Hall–Kier alpha value is -1.35. The molecule has 0 amide bonds. The molecular weight excluding hydrogens is 210 g/mol. The summed E-state index contributed by atoms with van der Waals surface area (Å²) in [7, 11) is 0. The van der Waals surface area contributed by atoms with Crippen LogP contribution in [0.5, 0.6) is 0 Å². The van der Waals surface area contributed by atoms with Crippen LogP contribution in [0.25, 0.3) is 5.52 Å². The van der Waals surface area contributed by atoms with Crippen LogP contribution in [0.4, 0.5) is 0 Å². The molecule has 3 heteroatoms. The Labute approximate surface area is 102 Å². The molecule has 0 bridgehead atoms. The van der Waals surface area contributed by atoms with Gasteiger partial charge in [-0.25, -0.2) is 4.98 Å². The lowest BCUT2D eigenvalue weighted by atomic mass is 10.1. The predicted octanol–water partition coefficient (Wildman–Crippen LogP) is 2.38. The summed E-state index contributed by atoms with van der Waals surface area (Å²) in [6.07, 6.45) is 4.41. The lowest BCUT2D eigenvalue weighted by molar-refractivity contribution is 0.605. The summed E-state index contributed by atoms with van der Waals surface area (Å²) in [5, 5.41) is 0. The Morgan fingerprint density at radius 2 is 2.12 bits per heavy atom. The monoisotopic (exact) mass is 229 g/mol. The number of fused-ring (bicyclic) bond motifs is 1. The van der Waals surface area contributed by atoms with E-state index in [2.05, 4.69) is 41.4 Å². The number of hydrogen-bond acceptors (Lipinski definition) is 2. The first-order valence-corrected chi connectivity index (χ1v) is 6.31. The lowest BCUT2D eigenvalue weighted by Crippen LogP contribution is -2.22. The number of rotatable bonds is 3. The Kier molecular flexibility index (Phi) is 2.26. The minimum Gasteiger partial charge on any atom is -0.325 e. The van der Waals surface area contributed by atoms with Gasteiger partial charge in [0.15, 0.2) is 0 Å². The van der Waals surface area contributed by atoms with Crippen molar-refractivity contribution in [2.75, 3.05) is 0 Å². The number of aryl methyl sites for hydroxylation is 3. The first kappa shape index (κ1) is 10.8. The first-order valence-electron chi connectivity index (χ1n) is 6.31. The molecule has 3 nitrogen and oxygen atoms in total. The van der Waals surface area contributed by atoms with Gasteiger partial charge in [0, 0.05) is 11.2 Å². The number of pyridine rings is 1. The molecule has 3 rings (SSSR count). The second kappa shape index (κ2) is 3.57. The number of aromatic nitrogens is 2. The van der Waals surface area contributed by atoms with Crippen molar-refractivity contribution in [1.82, 2.24) is 9.38 Å². The summed E-state index contributed by atoms with van der Waals surface area (Å²) in [4.78, 5) is 4.69. The molecule has 1 fully saturated rings. The SMILES string of the molecule is Cc1cccc2c(CCC3(N)CC3)nc(C)n12. The molecule has 90 valence electrons. The van der Waals surface area contributed by atoms with Gasteiger partial charge < -0.3 is 10.1 Å². The van der Waals surface area contributed by atoms with E-state index in [-0.39, 0.29) is 5.54 Å². The molecule has 0 unspecified atom stereocenters. The summed E-state index contributed by atoms with van der Waals surface area (Å²) >= 11 is 0. The highest BCUT2D eigenvalue weighted by Crippen LogP contribution is 2.36. The van der Waals surface area contributed by atoms with Crippen LogP contribution in [-0.4, -0.2) is 14.9 Å². The van der Waals surface area contributed by atoms with Gasteiger partial charge in [0.25, 0.3) is 0 Å². The highest BCUT2D eigenvalue weighted by molar-refractivity contribution is 5.54. The molecule has 1 aliphatic carbocycles. The van der Waals surface area contributed by atoms with E-state index in [1.807, 2.05) is 0 Å². The van der Waals surface area contributed by atoms with Gasteiger partial charge in [-0.2, -0.15) is 0 Å². The van der Waals surface area contributed by atoms with Gasteiger partial charge >= 0.3 is 0 Å². The van der Waals surface area contributed by atoms with Crippen LogP contribution in [0.1, 0.15) is 36.5 Å². The molecule has 0 radical (unpaired) electrons. The van der Waals surface area contributed by atoms with Crippen LogP contribution in [0, 0.1) is 13.8 Å². The standard InChI is InChI=1S/C14H19N3/c1-10-4-3-5-13-12(16-11(2)17(10)13)6-7-14(15)8-9-14/h3-5H,6-9,15H2,1-2H3. The summed E-state index contributed by atoms with van der Waals surface area (Å²) in [5.41, 5.74) is 9.94. The molecular formula is C14H19N3. The van der Waals surface area contributed by atoms with Gasteiger partial charge in [-0.1, -0.05) is 6.07 Å². The van der Waals surface area contributed by atoms with E-state index in [9.17, 15) is 0 Å². The second-order valence-electron chi connectivity index (χ2n) is 5.36. The maximum Gasteiger partial charge on any atom is 0.110 e. The normalized spacial score (nSPS) is 17.6. The van der Waals surface area contributed by atoms with Crippen molar-refractivity contribution in [2.45, 2.75) is 45.1 Å². The van der Waals surface area contributed by atoms with Gasteiger partial charge in [0.1, 0.15) is 5.82 Å². The minimum atomic E-state index is 0.119. The van der Waals surface area contributed by atoms with Crippen LogP contribution >= 0.6 is 0 Å². The number of hydrogen-bond donors (Lipinski definition) is 1. The zero-order chi connectivity index (χ0) is 12.0. The first-order chi connectivity index (χ1) is 8.09. The smallest absolute Gasteiger partial charge is 0.110 e. The largest absolute Gasteiger partial charge is 0.325 e. The van der Waals surface area contributed by atoms with E-state index >= 15 is 0 Å². The summed E-state index contributed by atoms with van der Waals surface area (Å²) in [5.74, 6) is 1.08. The molecule has 0 spiro atoms. The van der Waals surface area contributed by atoms with Crippen LogP contribution in [0.2, 0.25) is 0 Å². The van der Waals surface area contributed by atoms with E-state index in [0.29, 0.717) is 0 Å². The van der Waals surface area contributed by atoms with E-state index < -0.39 is 0 Å². The molecule has 2 heterocycles. The quantitative estimate of drug-likeness (QED) is 0.878. The van der Waals surface area contributed by atoms with Crippen molar-refractivity contribution in [1.29, 1.82) is 0 Å². The van der Waals surface area contributed by atoms with Crippen LogP contribution in [0.15, 0.2) is 18.2 Å². The Morgan fingerprint density at radius 1 is 1.35 bits per heavy atom. The zero-order valence-corrected chi connectivity index (χ0v) is 10.5. The van der Waals surface area contributed by atoms with Crippen molar-refractivity contribution >= 4 is 5.52 Å². The Bertz CT molecular complexity index is 564. The van der Waals surface area contributed by atoms with Gasteiger partial charge in [0.2, 0.25) is 0 Å². The summed E-state index contributed by atoms with van der Waals surface area (Å²) < 4.78 is 2.23. The predicted molar refractivity (Wildman–Crippen MR) is 69.1 cm³/mol. The van der Waals surface area contributed by atoms with Crippen molar-refractivity contribution < 1.29 is 0 Å². The van der Waals surface area contributed by atoms with Crippen molar-refractivity contribution in [3.05, 3.63) is 35.4 Å². The number of nitrogens with zero attached hydrogens (tertiary/aromatic N) is 2. The van der Waals surface area contributed by atoms with E-state index in [0.717, 1.165) is 18.7 Å². The van der Waals surface area contributed by atoms with Gasteiger partial charge in [-0.15, -0.1) is 0 Å². The molecule has 0 atom stereocenters. The maximum absolute atomic E-state index is 6.14. The molecule has 1 aliphatic rings. The highest BCUT2D eigenvalue weighted by atomic mass is 15.0. The van der Waals surface area contributed by atoms with Crippen molar-refractivity contribution in [2.24, 2.45) is 5.73 Å². The third kappa shape index (κ3) is 1.84. The average molecular weight is 229 g/mol. The fourth-order valence-corrected chi connectivity index (χ4v) is 2.54. The van der Waals surface area contributed by atoms with E-state index in [4.69, 9.17) is 5.73 Å². The van der Waals surface area contributed by atoms with Gasteiger partial charge in [-0.05, 0) is 51.7 Å². The molecule has 17 heavy (non-hydrogen) atoms. The number of nitrogens with two attached hydrogens (primary N) is 1. The third-order valence-electron chi connectivity index (χ3n) is 3.85. The van der Waals surface area contributed by atoms with Gasteiger partial charge in [0.05, 0.1) is 11.2 Å². The lowest BCUT2D eigenvalue weighted by Gasteiger charge is -2.06. The van der Waals surface area contributed by atoms with Crippen LogP contribution < -0.4 is 5.73 Å². The third-order valence-corrected chi connectivity index (χ3v) is 3.85. The molecule has 2 N–H and O–H groups in total. The molecule has 2 aromatic heterocycles. The summed E-state index contributed by atoms with van der Waals surface area (Å²) in [6, 6.07) is 6.37. The van der Waals surface area contributed by atoms with Crippen LogP contribution in [-0.2, 0) is 6.42 Å². The van der Waals surface area contributed by atoms with Crippen molar-refractivity contribution in [3.8, 4) is 0 Å². The van der Waals surface area contributed by atoms with E-state index in [1.54, 1.807) is 0 Å². The average Bonchev–Trinajstić information content (AvgIpc) is 2.93. The summed E-state index contributed by atoms with van der Waals surface area (Å²) in [6.45, 7) is 4.19. The Morgan fingerprint density at radius 3 is 2.82 bits per heavy atom. The molecule has 1 saturated carbocycles. The van der Waals surface area contributed by atoms with Gasteiger partial charge in [-0.3, -0.25) is 0 Å². The fraction of sp³-hybridized carbons (Fsp3) is 0.500. The molecule has 0 aliphatic heterocycles.